The van der Waals surface area contributed by atoms with Gasteiger partial charge in [-0.15, -0.1) is 0 Å². The molecule has 2 aromatic rings. The molecule has 0 saturated carbocycles. The number of carbonyl (C=O) groups excluding carboxylic acids is 1. The van der Waals surface area contributed by atoms with E-state index >= 15 is 0 Å². The van der Waals surface area contributed by atoms with Crippen LogP contribution in [-0.4, -0.2) is 31.7 Å². The maximum Gasteiger partial charge on any atom is 0.220 e. The van der Waals surface area contributed by atoms with Crippen molar-refractivity contribution in [1.29, 1.82) is 0 Å². The zero-order chi connectivity index (χ0) is 17.4. The highest BCUT2D eigenvalue weighted by Crippen LogP contribution is 2.17. The van der Waals surface area contributed by atoms with E-state index in [0.717, 1.165) is 24.1 Å². The zero-order valence-corrected chi connectivity index (χ0v) is 14.4. The molecule has 0 fully saturated rings. The molecule has 24 heavy (non-hydrogen) atoms. The van der Waals surface area contributed by atoms with E-state index in [4.69, 9.17) is 0 Å². The minimum absolute atomic E-state index is 0.0186. The number of anilines is 1. The first-order valence-electron chi connectivity index (χ1n) is 8.32. The Morgan fingerprint density at radius 3 is 2.38 bits per heavy atom. The number of hydrogen-bond acceptors (Lipinski definition) is 3. The van der Waals surface area contributed by atoms with Gasteiger partial charge in [0.25, 0.3) is 0 Å². The molecule has 0 unspecified atom stereocenters. The summed E-state index contributed by atoms with van der Waals surface area (Å²) in [6, 6.07) is 17.8. The lowest BCUT2D eigenvalue weighted by Gasteiger charge is -2.15. The number of nitrogens with one attached hydrogen (secondary N) is 1. The summed E-state index contributed by atoms with van der Waals surface area (Å²) >= 11 is 0. The van der Waals surface area contributed by atoms with Crippen molar-refractivity contribution in [3.63, 3.8) is 0 Å². The maximum absolute atomic E-state index is 11.9. The standard InChI is InChI=1S/C20H26N2O2/c1-22(2)18-13-11-17(12-14-18)19(23)15-21-20(24)10-6-9-16-7-4-3-5-8-16/h3-5,7-8,11-14,19,23H,6,9-10,15H2,1-2H3,(H,21,24)/t19-/m0/s1. The highest BCUT2D eigenvalue weighted by atomic mass is 16.3. The molecule has 1 atom stereocenters. The molecule has 0 aliphatic carbocycles. The van der Waals surface area contributed by atoms with Crippen LogP contribution in [0.2, 0.25) is 0 Å². The zero-order valence-electron chi connectivity index (χ0n) is 14.4. The minimum atomic E-state index is -0.681. The fourth-order valence-corrected chi connectivity index (χ4v) is 2.51. The minimum Gasteiger partial charge on any atom is -0.387 e. The first-order valence-corrected chi connectivity index (χ1v) is 8.32. The molecule has 1 amide bonds. The molecule has 0 aliphatic heterocycles. The van der Waals surface area contributed by atoms with E-state index in [1.807, 2.05) is 61.5 Å². The van der Waals surface area contributed by atoms with Crippen molar-refractivity contribution in [2.75, 3.05) is 25.5 Å². The Kier molecular flexibility index (Phi) is 6.82. The Morgan fingerprint density at radius 2 is 1.75 bits per heavy atom. The van der Waals surface area contributed by atoms with Gasteiger partial charge in [0.1, 0.15) is 0 Å². The van der Waals surface area contributed by atoms with Gasteiger partial charge in [0.15, 0.2) is 0 Å². The van der Waals surface area contributed by atoms with Crippen LogP contribution in [0.1, 0.15) is 30.1 Å². The van der Waals surface area contributed by atoms with E-state index in [9.17, 15) is 9.90 Å². The van der Waals surface area contributed by atoms with Gasteiger partial charge < -0.3 is 15.3 Å². The molecule has 2 N–H and O–H groups in total. The smallest absolute Gasteiger partial charge is 0.220 e. The van der Waals surface area contributed by atoms with Crippen molar-refractivity contribution in [2.24, 2.45) is 0 Å². The second-order valence-electron chi connectivity index (χ2n) is 6.14. The van der Waals surface area contributed by atoms with Crippen LogP contribution in [0.4, 0.5) is 5.69 Å². The van der Waals surface area contributed by atoms with E-state index in [2.05, 4.69) is 17.4 Å². The van der Waals surface area contributed by atoms with Gasteiger partial charge in [0.2, 0.25) is 5.91 Å². The number of benzene rings is 2. The van der Waals surface area contributed by atoms with Crippen LogP contribution in [0, 0.1) is 0 Å². The molecule has 0 spiro atoms. The Hall–Kier alpha value is -2.33. The summed E-state index contributed by atoms with van der Waals surface area (Å²) in [6.45, 7) is 0.242. The van der Waals surface area contributed by atoms with Crippen molar-refractivity contribution >= 4 is 11.6 Å². The Bertz CT molecular complexity index is 624. The number of rotatable bonds is 8. The average Bonchev–Trinajstić information content (AvgIpc) is 2.60. The second kappa shape index (κ2) is 9.08. The number of carbonyl (C=O) groups is 1. The third kappa shape index (κ3) is 5.70. The molecule has 2 rings (SSSR count). The molecule has 4 nitrogen and oxygen atoms in total. The van der Waals surface area contributed by atoms with Gasteiger partial charge in [-0.3, -0.25) is 4.79 Å². The molecular formula is C20H26N2O2. The normalized spacial score (nSPS) is 11.8. The van der Waals surface area contributed by atoms with Gasteiger partial charge >= 0.3 is 0 Å². The first kappa shape index (κ1) is 18.0. The highest BCUT2D eigenvalue weighted by molar-refractivity contribution is 5.75. The summed E-state index contributed by atoms with van der Waals surface area (Å²) in [5.74, 6) is -0.0186. The summed E-state index contributed by atoms with van der Waals surface area (Å²) in [6.07, 6.45) is 1.49. The van der Waals surface area contributed by atoms with Gasteiger partial charge in [-0.2, -0.15) is 0 Å². The van der Waals surface area contributed by atoms with Crippen LogP contribution in [0.25, 0.3) is 0 Å². The van der Waals surface area contributed by atoms with Crippen LogP contribution < -0.4 is 10.2 Å². The van der Waals surface area contributed by atoms with Crippen LogP contribution in [-0.2, 0) is 11.2 Å². The van der Waals surface area contributed by atoms with Crippen molar-refractivity contribution in [3.05, 3.63) is 65.7 Å². The number of aliphatic hydroxyl groups excluding tert-OH is 1. The Labute approximate surface area is 144 Å². The fourth-order valence-electron chi connectivity index (χ4n) is 2.51. The van der Waals surface area contributed by atoms with Crippen molar-refractivity contribution < 1.29 is 9.90 Å². The molecule has 0 saturated heterocycles. The van der Waals surface area contributed by atoms with Crippen molar-refractivity contribution in [1.82, 2.24) is 5.32 Å². The van der Waals surface area contributed by atoms with Gasteiger partial charge in [0.05, 0.1) is 6.10 Å². The molecule has 0 aliphatic rings. The number of aliphatic hydroxyl groups is 1. The lowest BCUT2D eigenvalue weighted by atomic mass is 10.1. The first-order chi connectivity index (χ1) is 11.6. The Morgan fingerprint density at radius 1 is 1.08 bits per heavy atom. The molecule has 0 bridgehead atoms. The monoisotopic (exact) mass is 326 g/mol. The van der Waals surface area contributed by atoms with Gasteiger partial charge in [0, 0.05) is 32.7 Å². The van der Waals surface area contributed by atoms with Crippen LogP contribution in [0.15, 0.2) is 54.6 Å². The maximum atomic E-state index is 11.9. The fraction of sp³-hybridized carbons (Fsp3) is 0.350. The summed E-state index contributed by atoms with van der Waals surface area (Å²) in [4.78, 5) is 13.9. The van der Waals surface area contributed by atoms with Crippen LogP contribution in [0.5, 0.6) is 0 Å². The number of hydrogen-bond donors (Lipinski definition) is 2. The number of aryl methyl sites for hydroxylation is 1. The van der Waals surface area contributed by atoms with E-state index in [-0.39, 0.29) is 12.5 Å². The van der Waals surface area contributed by atoms with E-state index < -0.39 is 6.10 Å². The van der Waals surface area contributed by atoms with Crippen LogP contribution in [0.3, 0.4) is 0 Å². The molecule has 0 radical (unpaired) electrons. The quantitative estimate of drug-likeness (QED) is 0.784. The molecule has 4 heteroatoms. The molecule has 128 valence electrons. The average molecular weight is 326 g/mol. The molecule has 0 aromatic heterocycles. The Balaban J connectivity index is 1.70. The van der Waals surface area contributed by atoms with Crippen molar-refractivity contribution in [3.8, 4) is 0 Å². The topological polar surface area (TPSA) is 52.6 Å². The molecule has 0 heterocycles. The van der Waals surface area contributed by atoms with Crippen molar-refractivity contribution in [2.45, 2.75) is 25.4 Å². The lowest BCUT2D eigenvalue weighted by Crippen LogP contribution is -2.28. The van der Waals surface area contributed by atoms with Gasteiger partial charge in [-0.05, 0) is 36.1 Å². The number of nitrogens with zero attached hydrogens (tertiary/aromatic N) is 1. The summed E-state index contributed by atoms with van der Waals surface area (Å²) < 4.78 is 0. The third-order valence-electron chi connectivity index (χ3n) is 4.00. The number of amides is 1. The summed E-state index contributed by atoms with van der Waals surface area (Å²) in [5, 5.41) is 13.0. The summed E-state index contributed by atoms with van der Waals surface area (Å²) in [7, 11) is 3.95. The van der Waals surface area contributed by atoms with Crippen LogP contribution >= 0.6 is 0 Å². The predicted molar refractivity (Wildman–Crippen MR) is 98.1 cm³/mol. The molecule has 2 aromatic carbocycles. The molecular weight excluding hydrogens is 300 g/mol. The highest BCUT2D eigenvalue weighted by Gasteiger charge is 2.10. The van der Waals surface area contributed by atoms with E-state index in [1.165, 1.54) is 5.56 Å². The second-order valence-corrected chi connectivity index (χ2v) is 6.14. The third-order valence-corrected chi connectivity index (χ3v) is 4.00. The predicted octanol–water partition coefficient (Wildman–Crippen LogP) is 2.93. The van der Waals surface area contributed by atoms with Gasteiger partial charge in [-0.1, -0.05) is 42.5 Å². The van der Waals surface area contributed by atoms with Gasteiger partial charge in [-0.25, -0.2) is 0 Å². The lowest BCUT2D eigenvalue weighted by molar-refractivity contribution is -0.121. The SMILES string of the molecule is CN(C)c1ccc([C@@H](O)CNC(=O)CCCc2ccccc2)cc1. The summed E-state index contributed by atoms with van der Waals surface area (Å²) in [5.41, 5.74) is 3.13. The van der Waals surface area contributed by atoms with E-state index in [1.54, 1.807) is 0 Å². The van der Waals surface area contributed by atoms with E-state index in [0.29, 0.717) is 6.42 Å². The largest absolute Gasteiger partial charge is 0.387 e.